The van der Waals surface area contributed by atoms with Gasteiger partial charge in [0.15, 0.2) is 11.5 Å². The first kappa shape index (κ1) is 13.4. The number of likely N-dealkylation sites (tertiary alicyclic amines) is 1. The number of ether oxygens (including phenoxy) is 3. The number of nitrogens with zero attached hydrogens (tertiary/aromatic N) is 1. The fourth-order valence-electron chi connectivity index (χ4n) is 4.65. The molecule has 4 nitrogen and oxygen atoms in total. The second-order valence-electron chi connectivity index (χ2n) is 6.53. The van der Waals surface area contributed by atoms with Gasteiger partial charge in [-0.2, -0.15) is 0 Å². The van der Waals surface area contributed by atoms with E-state index in [1.54, 1.807) is 14.2 Å². The van der Waals surface area contributed by atoms with Crippen LogP contribution in [0.3, 0.4) is 0 Å². The average Bonchev–Trinajstić information content (AvgIpc) is 3.25. The molecule has 4 heteroatoms. The molecule has 0 amide bonds. The lowest BCUT2D eigenvalue weighted by atomic mass is 9.66. The number of fused-ring (bicyclic) bond motifs is 3. The lowest BCUT2D eigenvalue weighted by Gasteiger charge is -2.39. The molecule has 1 aliphatic carbocycles. The molecular weight excluding hydrogens is 266 g/mol. The number of likely N-dealkylation sites (N-methyl/N-ethyl adjacent to an activating group) is 1. The minimum absolute atomic E-state index is 0.136. The number of epoxide rings is 1. The fourth-order valence-corrected chi connectivity index (χ4v) is 4.65. The molecule has 21 heavy (non-hydrogen) atoms. The van der Waals surface area contributed by atoms with Crippen molar-refractivity contribution < 1.29 is 14.2 Å². The summed E-state index contributed by atoms with van der Waals surface area (Å²) in [5.41, 5.74) is 1.48. The van der Waals surface area contributed by atoms with Crippen LogP contribution in [0.1, 0.15) is 24.8 Å². The van der Waals surface area contributed by atoms with Gasteiger partial charge >= 0.3 is 0 Å². The molecule has 4 atom stereocenters. The Morgan fingerprint density at radius 3 is 2.76 bits per heavy atom. The average molecular weight is 289 g/mol. The zero-order valence-electron chi connectivity index (χ0n) is 13.0. The summed E-state index contributed by atoms with van der Waals surface area (Å²) < 4.78 is 16.9. The summed E-state index contributed by atoms with van der Waals surface area (Å²) in [5.74, 6) is 1.62. The van der Waals surface area contributed by atoms with Crippen LogP contribution in [0, 0.1) is 0 Å². The molecule has 0 spiro atoms. The summed E-state index contributed by atoms with van der Waals surface area (Å²) in [6.45, 7) is 1.14. The predicted octanol–water partition coefficient (Wildman–Crippen LogP) is 2.21. The highest BCUT2D eigenvalue weighted by Crippen LogP contribution is 2.57. The summed E-state index contributed by atoms with van der Waals surface area (Å²) >= 11 is 0. The molecule has 3 fully saturated rings. The van der Waals surface area contributed by atoms with Crippen molar-refractivity contribution in [3.8, 4) is 11.5 Å². The second kappa shape index (κ2) is 4.62. The maximum atomic E-state index is 6.03. The van der Waals surface area contributed by atoms with Gasteiger partial charge < -0.3 is 19.1 Å². The maximum Gasteiger partial charge on any atom is 0.161 e. The number of rotatable bonds is 3. The molecule has 2 heterocycles. The van der Waals surface area contributed by atoms with E-state index >= 15 is 0 Å². The van der Waals surface area contributed by atoms with Gasteiger partial charge in [0.05, 0.1) is 26.4 Å². The number of benzene rings is 1. The van der Waals surface area contributed by atoms with Crippen LogP contribution in [-0.4, -0.2) is 51.0 Å². The molecule has 2 aliphatic heterocycles. The molecule has 1 aromatic rings. The minimum Gasteiger partial charge on any atom is -0.493 e. The van der Waals surface area contributed by atoms with Crippen molar-refractivity contribution >= 4 is 0 Å². The van der Waals surface area contributed by atoms with Crippen LogP contribution in [0.25, 0.3) is 0 Å². The standard InChI is InChI=1S/C17H23NO3/c1-18-9-8-17(15(18)7-6-13-16(17)21-13)11-4-5-12(19-2)14(10-11)20-3/h4-5,10,13,15-16H,6-9H2,1-3H3/t13?,15?,16?,17-/m1/s1. The van der Waals surface area contributed by atoms with Crippen molar-refractivity contribution in [2.45, 2.75) is 42.9 Å². The quantitative estimate of drug-likeness (QED) is 0.799. The summed E-state index contributed by atoms with van der Waals surface area (Å²) in [6, 6.07) is 6.98. The van der Waals surface area contributed by atoms with E-state index in [0.29, 0.717) is 18.2 Å². The SMILES string of the molecule is COc1ccc([C@]23CCN(C)C2CCC2OC23)cc1OC. The molecule has 3 aliphatic rings. The summed E-state index contributed by atoms with van der Waals surface area (Å²) in [7, 11) is 5.63. The molecule has 2 saturated heterocycles. The molecule has 0 N–H and O–H groups in total. The zero-order valence-corrected chi connectivity index (χ0v) is 13.0. The Balaban J connectivity index is 1.80. The fraction of sp³-hybridized carbons (Fsp3) is 0.647. The molecule has 1 saturated carbocycles. The van der Waals surface area contributed by atoms with Gasteiger partial charge in [0.1, 0.15) is 0 Å². The third-order valence-electron chi connectivity index (χ3n) is 5.74. The van der Waals surface area contributed by atoms with Gasteiger partial charge in [0, 0.05) is 11.5 Å². The van der Waals surface area contributed by atoms with Crippen LogP contribution < -0.4 is 9.47 Å². The highest BCUT2D eigenvalue weighted by atomic mass is 16.6. The third-order valence-corrected chi connectivity index (χ3v) is 5.74. The van der Waals surface area contributed by atoms with Crippen molar-refractivity contribution in [2.24, 2.45) is 0 Å². The van der Waals surface area contributed by atoms with E-state index in [-0.39, 0.29) is 5.41 Å². The topological polar surface area (TPSA) is 34.2 Å². The minimum atomic E-state index is 0.136. The van der Waals surface area contributed by atoms with E-state index in [2.05, 4.69) is 24.1 Å². The highest BCUT2D eigenvalue weighted by Gasteiger charge is 2.64. The summed E-state index contributed by atoms with van der Waals surface area (Å²) in [4.78, 5) is 2.51. The van der Waals surface area contributed by atoms with E-state index in [1.807, 2.05) is 6.07 Å². The van der Waals surface area contributed by atoms with Gasteiger partial charge in [0.2, 0.25) is 0 Å². The molecule has 4 rings (SSSR count). The van der Waals surface area contributed by atoms with Crippen LogP contribution in [0.15, 0.2) is 18.2 Å². The summed E-state index contributed by atoms with van der Waals surface area (Å²) in [6.07, 6.45) is 4.46. The normalized spacial score (nSPS) is 37.8. The monoisotopic (exact) mass is 289 g/mol. The van der Waals surface area contributed by atoms with E-state index in [9.17, 15) is 0 Å². The van der Waals surface area contributed by atoms with Crippen LogP contribution >= 0.6 is 0 Å². The van der Waals surface area contributed by atoms with Gasteiger partial charge in [0.25, 0.3) is 0 Å². The lowest BCUT2D eigenvalue weighted by molar-refractivity contribution is 0.189. The number of hydrogen-bond acceptors (Lipinski definition) is 4. The first-order chi connectivity index (χ1) is 10.2. The van der Waals surface area contributed by atoms with E-state index in [4.69, 9.17) is 14.2 Å². The van der Waals surface area contributed by atoms with Crippen molar-refractivity contribution in [2.75, 3.05) is 27.8 Å². The molecule has 1 aromatic carbocycles. The highest BCUT2D eigenvalue weighted by molar-refractivity contribution is 5.48. The Hall–Kier alpha value is -1.26. The number of hydrogen-bond donors (Lipinski definition) is 0. The van der Waals surface area contributed by atoms with Gasteiger partial charge in [-0.25, -0.2) is 0 Å². The molecule has 0 radical (unpaired) electrons. The van der Waals surface area contributed by atoms with Crippen molar-refractivity contribution in [3.63, 3.8) is 0 Å². The first-order valence-electron chi connectivity index (χ1n) is 7.79. The van der Waals surface area contributed by atoms with Gasteiger partial charge in [-0.3, -0.25) is 0 Å². The van der Waals surface area contributed by atoms with E-state index in [1.165, 1.54) is 24.8 Å². The maximum absolute atomic E-state index is 6.03. The smallest absolute Gasteiger partial charge is 0.161 e. The second-order valence-corrected chi connectivity index (χ2v) is 6.53. The Labute approximate surface area is 126 Å². The summed E-state index contributed by atoms with van der Waals surface area (Å²) in [5, 5.41) is 0. The van der Waals surface area contributed by atoms with Crippen LogP contribution in [0.2, 0.25) is 0 Å². The van der Waals surface area contributed by atoms with Crippen molar-refractivity contribution in [3.05, 3.63) is 23.8 Å². The molecule has 114 valence electrons. The molecular formula is C17H23NO3. The molecule has 3 unspecified atom stereocenters. The number of methoxy groups -OCH3 is 2. The van der Waals surface area contributed by atoms with Crippen molar-refractivity contribution in [1.82, 2.24) is 4.90 Å². The van der Waals surface area contributed by atoms with Crippen LogP contribution in [0.5, 0.6) is 11.5 Å². The van der Waals surface area contributed by atoms with E-state index < -0.39 is 0 Å². The lowest BCUT2D eigenvalue weighted by Crippen LogP contribution is -2.48. The van der Waals surface area contributed by atoms with Crippen molar-refractivity contribution in [1.29, 1.82) is 0 Å². The van der Waals surface area contributed by atoms with Gasteiger partial charge in [-0.05, 0) is 50.6 Å². The Kier molecular flexibility index (Phi) is 2.95. The van der Waals surface area contributed by atoms with Gasteiger partial charge in [-0.1, -0.05) is 6.07 Å². The molecule has 0 bridgehead atoms. The first-order valence-corrected chi connectivity index (χ1v) is 7.79. The Bertz CT molecular complexity index is 561. The third kappa shape index (κ3) is 1.75. The van der Waals surface area contributed by atoms with Crippen LogP contribution in [0.4, 0.5) is 0 Å². The Morgan fingerprint density at radius 1 is 1.19 bits per heavy atom. The Morgan fingerprint density at radius 2 is 2.00 bits per heavy atom. The van der Waals surface area contributed by atoms with Gasteiger partial charge in [-0.15, -0.1) is 0 Å². The largest absolute Gasteiger partial charge is 0.493 e. The predicted molar refractivity (Wildman–Crippen MR) is 80.2 cm³/mol. The van der Waals surface area contributed by atoms with Crippen LogP contribution in [-0.2, 0) is 10.2 Å². The molecule has 0 aromatic heterocycles. The van der Waals surface area contributed by atoms with E-state index in [0.717, 1.165) is 18.0 Å². The zero-order chi connectivity index (χ0) is 14.6.